The number of carbonyl (C=O) groups excluding carboxylic acids is 2. The van der Waals surface area contributed by atoms with Crippen molar-refractivity contribution in [1.82, 2.24) is 5.32 Å². The van der Waals surface area contributed by atoms with Crippen LogP contribution in [0, 0.1) is 5.92 Å². The number of nitrogens with one attached hydrogen (secondary N) is 1. The van der Waals surface area contributed by atoms with Crippen LogP contribution in [0.4, 0.5) is 0 Å². The summed E-state index contributed by atoms with van der Waals surface area (Å²) in [5, 5.41) is 3.60. The molecule has 0 heterocycles. The summed E-state index contributed by atoms with van der Waals surface area (Å²) in [5.41, 5.74) is 0.157. The van der Waals surface area contributed by atoms with Crippen LogP contribution in [-0.4, -0.2) is 24.0 Å². The zero-order valence-electron chi connectivity index (χ0n) is 13.3. The molecule has 0 spiro atoms. The number of carbonyl (C=O) groups is 2. The molecule has 2 rings (SSSR count). The highest BCUT2D eigenvalue weighted by Gasteiger charge is 2.27. The second-order valence-electron chi connectivity index (χ2n) is 6.05. The van der Waals surface area contributed by atoms with Gasteiger partial charge in [-0.2, -0.15) is 0 Å². The Balaban J connectivity index is 1.94. The molecule has 0 saturated heterocycles. The van der Waals surface area contributed by atoms with Crippen LogP contribution < -0.4 is 5.32 Å². The monoisotopic (exact) mass is 357 g/mol. The molecule has 1 aromatic rings. The van der Waals surface area contributed by atoms with Gasteiger partial charge < -0.3 is 10.1 Å². The fourth-order valence-electron chi connectivity index (χ4n) is 2.76. The molecule has 23 heavy (non-hydrogen) atoms. The fourth-order valence-corrected chi connectivity index (χ4v) is 3.13. The van der Waals surface area contributed by atoms with Crippen LogP contribution in [-0.2, 0) is 9.53 Å². The summed E-state index contributed by atoms with van der Waals surface area (Å²) >= 11 is 11.8. The van der Waals surface area contributed by atoms with E-state index < -0.39 is 12.1 Å². The quantitative estimate of drug-likeness (QED) is 0.820. The van der Waals surface area contributed by atoms with Crippen molar-refractivity contribution in [3.05, 3.63) is 33.8 Å². The van der Waals surface area contributed by atoms with Crippen molar-refractivity contribution in [3.63, 3.8) is 0 Å². The minimum atomic E-state index is -0.883. The SMILES string of the molecule is C[C@@H]1CCCC[C@@H]1NC(=O)[C@@H](C)OC(=O)c1cc(Cl)ccc1Cl. The van der Waals surface area contributed by atoms with Gasteiger partial charge in [0.2, 0.25) is 0 Å². The van der Waals surface area contributed by atoms with Crippen molar-refractivity contribution in [2.24, 2.45) is 5.92 Å². The molecule has 6 heteroatoms. The van der Waals surface area contributed by atoms with E-state index in [0.29, 0.717) is 10.9 Å². The van der Waals surface area contributed by atoms with Crippen LogP contribution in [0.25, 0.3) is 0 Å². The number of amides is 1. The predicted octanol–water partition coefficient (Wildman–Crippen LogP) is 4.23. The molecular formula is C17H21Cl2NO3. The van der Waals surface area contributed by atoms with Crippen LogP contribution in [0.1, 0.15) is 49.9 Å². The molecular weight excluding hydrogens is 337 g/mol. The number of benzene rings is 1. The number of halogens is 2. The molecule has 1 aromatic carbocycles. The van der Waals surface area contributed by atoms with E-state index in [1.807, 2.05) is 0 Å². The molecule has 1 saturated carbocycles. The largest absolute Gasteiger partial charge is 0.449 e. The average Bonchev–Trinajstić information content (AvgIpc) is 2.51. The number of hydrogen-bond acceptors (Lipinski definition) is 3. The Morgan fingerprint density at radius 1 is 1.26 bits per heavy atom. The number of ether oxygens (including phenoxy) is 1. The van der Waals surface area contributed by atoms with Gasteiger partial charge in [0.1, 0.15) is 0 Å². The minimum Gasteiger partial charge on any atom is -0.449 e. The zero-order chi connectivity index (χ0) is 17.0. The lowest BCUT2D eigenvalue weighted by atomic mass is 9.86. The molecule has 1 aliphatic rings. The van der Waals surface area contributed by atoms with Gasteiger partial charge in [0.05, 0.1) is 10.6 Å². The van der Waals surface area contributed by atoms with Crippen LogP contribution in [0.3, 0.4) is 0 Å². The van der Waals surface area contributed by atoms with E-state index in [1.165, 1.54) is 18.6 Å². The van der Waals surface area contributed by atoms with Crippen LogP contribution in [0.5, 0.6) is 0 Å². The van der Waals surface area contributed by atoms with Gasteiger partial charge in [0.15, 0.2) is 6.10 Å². The molecule has 4 nitrogen and oxygen atoms in total. The van der Waals surface area contributed by atoms with Crippen molar-refractivity contribution < 1.29 is 14.3 Å². The van der Waals surface area contributed by atoms with Gasteiger partial charge in [-0.3, -0.25) is 4.79 Å². The topological polar surface area (TPSA) is 55.4 Å². The minimum absolute atomic E-state index is 0.146. The van der Waals surface area contributed by atoms with Crippen molar-refractivity contribution in [2.45, 2.75) is 51.7 Å². The van der Waals surface area contributed by atoms with Gasteiger partial charge in [0, 0.05) is 11.1 Å². The lowest BCUT2D eigenvalue weighted by Crippen LogP contribution is -2.46. The highest BCUT2D eigenvalue weighted by molar-refractivity contribution is 6.35. The van der Waals surface area contributed by atoms with Gasteiger partial charge in [-0.05, 0) is 43.9 Å². The lowest BCUT2D eigenvalue weighted by molar-refractivity contribution is -0.130. The Hall–Kier alpha value is -1.26. The summed E-state index contributed by atoms with van der Waals surface area (Å²) < 4.78 is 5.22. The third-order valence-corrected chi connectivity index (χ3v) is 4.81. The standard InChI is InChI=1S/C17H21Cl2NO3/c1-10-5-3-4-6-15(10)20-16(21)11(2)23-17(22)13-9-12(18)7-8-14(13)19/h7-11,15H,3-6H2,1-2H3,(H,20,21)/t10-,11-,15+/m1/s1. The van der Waals surface area contributed by atoms with Crippen LogP contribution in [0.15, 0.2) is 18.2 Å². The smallest absolute Gasteiger partial charge is 0.340 e. The van der Waals surface area contributed by atoms with E-state index in [-0.39, 0.29) is 22.5 Å². The second-order valence-corrected chi connectivity index (χ2v) is 6.89. The predicted molar refractivity (Wildman–Crippen MR) is 90.9 cm³/mol. The number of hydrogen-bond donors (Lipinski definition) is 1. The Bertz CT molecular complexity index is 591. The maximum Gasteiger partial charge on any atom is 0.340 e. The molecule has 3 atom stereocenters. The Labute approximate surface area is 146 Å². The Morgan fingerprint density at radius 3 is 2.65 bits per heavy atom. The first kappa shape index (κ1) is 18.1. The van der Waals surface area contributed by atoms with Crippen molar-refractivity contribution in [3.8, 4) is 0 Å². The average molecular weight is 358 g/mol. The molecule has 0 aliphatic heterocycles. The van der Waals surface area contributed by atoms with Crippen LogP contribution in [0.2, 0.25) is 10.0 Å². The molecule has 0 bridgehead atoms. The van der Waals surface area contributed by atoms with E-state index in [0.717, 1.165) is 19.3 Å². The first-order valence-electron chi connectivity index (χ1n) is 7.85. The third-order valence-electron chi connectivity index (χ3n) is 4.24. The first-order chi connectivity index (χ1) is 10.9. The molecule has 1 N–H and O–H groups in total. The van der Waals surface area contributed by atoms with E-state index in [9.17, 15) is 9.59 Å². The normalized spacial score (nSPS) is 22.3. The van der Waals surface area contributed by atoms with E-state index >= 15 is 0 Å². The van der Waals surface area contributed by atoms with Gasteiger partial charge in [-0.1, -0.05) is 43.0 Å². The molecule has 0 unspecified atom stereocenters. The summed E-state index contributed by atoms with van der Waals surface area (Å²) in [6.45, 7) is 3.69. The van der Waals surface area contributed by atoms with Crippen molar-refractivity contribution >= 4 is 35.1 Å². The maximum atomic E-state index is 12.2. The first-order valence-corrected chi connectivity index (χ1v) is 8.60. The maximum absolute atomic E-state index is 12.2. The van der Waals surface area contributed by atoms with E-state index in [1.54, 1.807) is 13.0 Å². The third kappa shape index (κ3) is 4.85. The zero-order valence-corrected chi connectivity index (χ0v) is 14.8. The Morgan fingerprint density at radius 2 is 1.96 bits per heavy atom. The highest BCUT2D eigenvalue weighted by atomic mass is 35.5. The lowest BCUT2D eigenvalue weighted by Gasteiger charge is -2.30. The van der Waals surface area contributed by atoms with E-state index in [2.05, 4.69) is 12.2 Å². The molecule has 0 radical (unpaired) electrons. The Kier molecular flexibility index (Phi) is 6.31. The van der Waals surface area contributed by atoms with Crippen LogP contribution >= 0.6 is 23.2 Å². The van der Waals surface area contributed by atoms with Gasteiger partial charge in [-0.25, -0.2) is 4.79 Å². The fraction of sp³-hybridized carbons (Fsp3) is 0.529. The van der Waals surface area contributed by atoms with Gasteiger partial charge in [-0.15, -0.1) is 0 Å². The summed E-state index contributed by atoms with van der Waals surface area (Å²) in [5.74, 6) is -0.495. The molecule has 126 valence electrons. The summed E-state index contributed by atoms with van der Waals surface area (Å²) in [7, 11) is 0. The van der Waals surface area contributed by atoms with Gasteiger partial charge >= 0.3 is 5.97 Å². The molecule has 1 fully saturated rings. The van der Waals surface area contributed by atoms with Gasteiger partial charge in [0.25, 0.3) is 5.91 Å². The summed E-state index contributed by atoms with van der Waals surface area (Å²) in [4.78, 5) is 24.4. The van der Waals surface area contributed by atoms with Crippen molar-refractivity contribution in [1.29, 1.82) is 0 Å². The number of esters is 1. The summed E-state index contributed by atoms with van der Waals surface area (Å²) in [6.07, 6.45) is 3.50. The molecule has 1 amide bonds. The highest BCUT2D eigenvalue weighted by Crippen LogP contribution is 2.24. The molecule has 1 aliphatic carbocycles. The molecule has 0 aromatic heterocycles. The second kappa shape index (κ2) is 8.02. The van der Waals surface area contributed by atoms with Crippen molar-refractivity contribution in [2.75, 3.05) is 0 Å². The number of rotatable bonds is 4. The summed E-state index contributed by atoms with van der Waals surface area (Å²) in [6, 6.07) is 4.68. The van der Waals surface area contributed by atoms with E-state index in [4.69, 9.17) is 27.9 Å².